The van der Waals surface area contributed by atoms with Gasteiger partial charge in [-0.25, -0.2) is 0 Å². The van der Waals surface area contributed by atoms with Crippen molar-refractivity contribution in [2.24, 2.45) is 0 Å². The highest BCUT2D eigenvalue weighted by molar-refractivity contribution is 5.72. The molecule has 0 spiro atoms. The summed E-state index contributed by atoms with van der Waals surface area (Å²) in [5, 5.41) is 0. The summed E-state index contributed by atoms with van der Waals surface area (Å²) in [7, 11) is 0. The molecule has 73 heavy (non-hydrogen) atoms. The molecule has 0 bridgehead atoms. The summed E-state index contributed by atoms with van der Waals surface area (Å²) in [6, 6.07) is 0. The zero-order valence-corrected chi connectivity index (χ0v) is 47.4. The van der Waals surface area contributed by atoms with Crippen LogP contribution >= 0.6 is 0 Å². The van der Waals surface area contributed by atoms with Crippen molar-refractivity contribution in [3.05, 3.63) is 122 Å². The van der Waals surface area contributed by atoms with E-state index in [4.69, 9.17) is 14.2 Å². The number of hydrogen-bond acceptors (Lipinski definition) is 6. The van der Waals surface area contributed by atoms with Gasteiger partial charge in [-0.15, -0.1) is 0 Å². The van der Waals surface area contributed by atoms with Gasteiger partial charge in [-0.2, -0.15) is 0 Å². The number of allylic oxidation sites excluding steroid dienone is 19. The maximum atomic E-state index is 12.9. The van der Waals surface area contributed by atoms with E-state index in [0.717, 1.165) is 103 Å². The second-order valence-electron chi connectivity index (χ2n) is 19.5. The Bertz CT molecular complexity index is 1540. The fourth-order valence-electron chi connectivity index (χ4n) is 7.96. The lowest BCUT2D eigenvalue weighted by molar-refractivity contribution is -0.166. The number of esters is 3. The average Bonchev–Trinajstić information content (AvgIpc) is 3.39. The Morgan fingerprint density at radius 3 is 0.986 bits per heavy atom. The van der Waals surface area contributed by atoms with Gasteiger partial charge in [-0.1, -0.05) is 251 Å². The van der Waals surface area contributed by atoms with E-state index in [1.54, 1.807) is 6.08 Å². The molecule has 0 aliphatic rings. The van der Waals surface area contributed by atoms with Crippen LogP contribution in [0.2, 0.25) is 0 Å². The van der Waals surface area contributed by atoms with Gasteiger partial charge in [0.2, 0.25) is 0 Å². The van der Waals surface area contributed by atoms with Gasteiger partial charge in [0.25, 0.3) is 0 Å². The van der Waals surface area contributed by atoms with Crippen LogP contribution in [-0.2, 0) is 28.6 Å². The summed E-state index contributed by atoms with van der Waals surface area (Å²) in [5.74, 6) is -1.07. The smallest absolute Gasteiger partial charge is 0.309 e. The SMILES string of the molecule is CC/C=C\C/C=C\C/C=C\C/C=C\C/C=C\CC(=O)OCC(COC(=O)CCCCCCCC/C=C\C/C=C\C/C=C\CCCCCCC)OC(=O)CCCCCCCCCCC/C=C\C/C=C\CCCCC. The van der Waals surface area contributed by atoms with Crippen molar-refractivity contribution in [1.82, 2.24) is 0 Å². The van der Waals surface area contributed by atoms with Crippen LogP contribution in [0.15, 0.2) is 122 Å². The van der Waals surface area contributed by atoms with Crippen LogP contribution in [0, 0.1) is 0 Å². The molecule has 0 aromatic rings. The van der Waals surface area contributed by atoms with Gasteiger partial charge in [-0.05, 0) is 116 Å². The molecule has 0 aromatic carbocycles. The van der Waals surface area contributed by atoms with Crippen LogP contribution in [0.25, 0.3) is 0 Å². The first-order valence-corrected chi connectivity index (χ1v) is 30.0. The molecule has 0 rings (SSSR count). The highest BCUT2D eigenvalue weighted by atomic mass is 16.6. The molecule has 0 amide bonds. The normalized spacial score (nSPS) is 13.0. The van der Waals surface area contributed by atoms with Crippen LogP contribution in [-0.4, -0.2) is 37.2 Å². The van der Waals surface area contributed by atoms with E-state index in [0.29, 0.717) is 12.8 Å². The monoisotopic (exact) mass is 1010 g/mol. The van der Waals surface area contributed by atoms with Gasteiger partial charge >= 0.3 is 17.9 Å². The topological polar surface area (TPSA) is 78.9 Å². The zero-order chi connectivity index (χ0) is 52.9. The van der Waals surface area contributed by atoms with Gasteiger partial charge in [0.15, 0.2) is 6.10 Å². The summed E-state index contributed by atoms with van der Waals surface area (Å²) in [5.41, 5.74) is 0. The highest BCUT2D eigenvalue weighted by Crippen LogP contribution is 2.14. The molecule has 0 saturated carbocycles. The van der Waals surface area contributed by atoms with Crippen LogP contribution in [0.5, 0.6) is 0 Å². The molecule has 0 aliphatic heterocycles. The van der Waals surface area contributed by atoms with Crippen molar-refractivity contribution in [1.29, 1.82) is 0 Å². The number of carbonyl (C=O) groups excluding carboxylic acids is 3. The van der Waals surface area contributed by atoms with E-state index in [9.17, 15) is 14.4 Å². The maximum absolute atomic E-state index is 12.9. The predicted octanol–water partition coefficient (Wildman–Crippen LogP) is 20.4. The van der Waals surface area contributed by atoms with Crippen molar-refractivity contribution >= 4 is 17.9 Å². The third-order valence-corrected chi connectivity index (χ3v) is 12.5. The first-order chi connectivity index (χ1) is 36.0. The fourth-order valence-corrected chi connectivity index (χ4v) is 7.96. The minimum Gasteiger partial charge on any atom is -0.462 e. The number of rotatable bonds is 53. The van der Waals surface area contributed by atoms with E-state index in [-0.39, 0.29) is 31.6 Å². The lowest BCUT2D eigenvalue weighted by Gasteiger charge is -2.18. The van der Waals surface area contributed by atoms with Gasteiger partial charge in [0.1, 0.15) is 13.2 Å². The Balaban J connectivity index is 4.51. The second kappa shape index (κ2) is 60.4. The predicted molar refractivity (Wildman–Crippen MR) is 316 cm³/mol. The fraction of sp³-hybridized carbons (Fsp3) is 0.657. The first-order valence-electron chi connectivity index (χ1n) is 30.0. The van der Waals surface area contributed by atoms with Crippen molar-refractivity contribution < 1.29 is 28.6 Å². The van der Waals surface area contributed by atoms with Gasteiger partial charge < -0.3 is 14.2 Å². The number of hydrogen-bond donors (Lipinski definition) is 0. The molecule has 0 heterocycles. The summed E-state index contributed by atoms with van der Waals surface area (Å²) >= 11 is 0. The summed E-state index contributed by atoms with van der Waals surface area (Å²) in [6.45, 7) is 6.39. The molecule has 1 unspecified atom stereocenters. The Kier molecular flexibility index (Phi) is 56.9. The zero-order valence-electron chi connectivity index (χ0n) is 47.4. The molecule has 1 atom stereocenters. The molecule has 0 radical (unpaired) electrons. The Labute approximate surface area is 450 Å². The maximum Gasteiger partial charge on any atom is 0.309 e. The third kappa shape index (κ3) is 58.6. The van der Waals surface area contributed by atoms with Gasteiger partial charge in [-0.3, -0.25) is 14.4 Å². The van der Waals surface area contributed by atoms with E-state index in [2.05, 4.69) is 130 Å². The summed E-state index contributed by atoms with van der Waals surface area (Å²) in [4.78, 5) is 38.2. The van der Waals surface area contributed by atoms with E-state index in [1.807, 2.05) is 6.08 Å². The lowest BCUT2D eigenvalue weighted by Crippen LogP contribution is -2.30. The molecular formula is C67H110O6. The van der Waals surface area contributed by atoms with E-state index < -0.39 is 12.1 Å². The first kappa shape index (κ1) is 68.8. The van der Waals surface area contributed by atoms with Crippen LogP contribution in [0.3, 0.4) is 0 Å². The van der Waals surface area contributed by atoms with Crippen molar-refractivity contribution in [2.75, 3.05) is 13.2 Å². The van der Waals surface area contributed by atoms with Crippen LogP contribution in [0.4, 0.5) is 0 Å². The van der Waals surface area contributed by atoms with Crippen LogP contribution < -0.4 is 0 Å². The lowest BCUT2D eigenvalue weighted by atomic mass is 10.1. The standard InChI is InChI=1S/C67H110O6/c1-4-7-10-13-16-19-22-25-28-30-32-33-35-36-39-42-45-48-51-54-57-60-66(69)72-63-64(62-71-65(68)59-56-53-50-47-44-41-38-27-24-21-18-15-12-9-6-3)73-67(70)61-58-55-52-49-46-43-40-37-34-31-29-26-23-20-17-14-11-8-5-2/h9,12,17-18,20-22,25-27,29-30,32,35-36,38,44,47,53,56,64H,4-8,10-11,13-16,19,23-24,28,31,33-34,37,39-43,45-46,48-52,54-55,57-63H2,1-3H3/b12-9-,20-17-,21-18-,25-22-,29-26-,32-30-,36-35-,38-27-,47-44-,56-53-. The third-order valence-electron chi connectivity index (χ3n) is 12.5. The average molecular weight is 1010 g/mol. The largest absolute Gasteiger partial charge is 0.462 e. The van der Waals surface area contributed by atoms with Gasteiger partial charge in [0.05, 0.1) is 6.42 Å². The second-order valence-corrected chi connectivity index (χ2v) is 19.5. The van der Waals surface area contributed by atoms with Crippen molar-refractivity contribution in [2.45, 2.75) is 271 Å². The molecule has 414 valence electrons. The van der Waals surface area contributed by atoms with Gasteiger partial charge in [0, 0.05) is 12.8 Å². The van der Waals surface area contributed by atoms with E-state index >= 15 is 0 Å². The molecule has 6 heteroatoms. The molecule has 0 fully saturated rings. The molecule has 0 aromatic heterocycles. The number of carbonyl (C=O) groups is 3. The summed E-state index contributed by atoms with van der Waals surface area (Å²) in [6.07, 6.45) is 83.6. The molecule has 0 N–H and O–H groups in total. The Morgan fingerprint density at radius 2 is 0.589 bits per heavy atom. The Hall–Kier alpha value is -4.19. The molecular weight excluding hydrogens is 901 g/mol. The van der Waals surface area contributed by atoms with Crippen molar-refractivity contribution in [3.63, 3.8) is 0 Å². The molecule has 0 saturated heterocycles. The minimum absolute atomic E-state index is 0.119. The Morgan fingerprint density at radius 1 is 0.301 bits per heavy atom. The quantitative estimate of drug-likeness (QED) is 0.0261. The molecule has 6 nitrogen and oxygen atoms in total. The summed E-state index contributed by atoms with van der Waals surface area (Å²) < 4.78 is 16.8. The van der Waals surface area contributed by atoms with E-state index in [1.165, 1.54) is 122 Å². The van der Waals surface area contributed by atoms with Crippen LogP contribution in [0.1, 0.15) is 265 Å². The molecule has 0 aliphatic carbocycles. The minimum atomic E-state index is -0.830. The number of unbranched alkanes of at least 4 members (excludes halogenated alkanes) is 23. The number of ether oxygens (including phenoxy) is 3. The highest BCUT2D eigenvalue weighted by Gasteiger charge is 2.19. The van der Waals surface area contributed by atoms with Crippen molar-refractivity contribution in [3.8, 4) is 0 Å².